The van der Waals surface area contributed by atoms with Gasteiger partial charge in [0, 0.05) is 24.0 Å². The molecule has 0 saturated carbocycles. The van der Waals surface area contributed by atoms with Crippen molar-refractivity contribution in [3.8, 4) is 0 Å². The average Bonchev–Trinajstić information content (AvgIpc) is 3.24. The molecule has 1 unspecified atom stereocenters. The van der Waals surface area contributed by atoms with Gasteiger partial charge in [-0.15, -0.1) is 12.4 Å². The van der Waals surface area contributed by atoms with E-state index < -0.39 is 0 Å². The molecule has 1 aromatic heterocycles. The Hall–Kier alpha value is -1.52. The van der Waals surface area contributed by atoms with Crippen molar-refractivity contribution in [1.82, 2.24) is 4.90 Å². The second-order valence-electron chi connectivity index (χ2n) is 6.64. The van der Waals surface area contributed by atoms with Crippen molar-refractivity contribution in [2.24, 2.45) is 11.7 Å². The number of nitrogens with two attached hydrogens (primary N) is 1. The first kappa shape index (κ1) is 16.3. The van der Waals surface area contributed by atoms with Gasteiger partial charge in [0.2, 0.25) is 5.91 Å². The van der Waals surface area contributed by atoms with Gasteiger partial charge in [-0.3, -0.25) is 4.79 Å². The van der Waals surface area contributed by atoms with Gasteiger partial charge >= 0.3 is 0 Å². The van der Waals surface area contributed by atoms with Crippen LogP contribution < -0.4 is 5.73 Å². The van der Waals surface area contributed by atoms with Crippen molar-refractivity contribution in [3.05, 3.63) is 35.1 Å². The zero-order valence-corrected chi connectivity index (χ0v) is 14.0. The van der Waals surface area contributed by atoms with Gasteiger partial charge in [-0.1, -0.05) is 0 Å². The van der Waals surface area contributed by atoms with E-state index in [1.54, 1.807) is 6.26 Å². The molecule has 1 aliphatic heterocycles. The molecule has 0 bridgehead atoms. The number of fused-ring (bicyclic) bond motifs is 2. The van der Waals surface area contributed by atoms with Crippen LogP contribution in [0.25, 0.3) is 11.0 Å². The molecule has 4 rings (SSSR count). The number of hydrogen-bond donors (Lipinski definition) is 1. The number of hydrogen-bond acceptors (Lipinski definition) is 3. The maximum Gasteiger partial charge on any atom is 0.227 e. The van der Waals surface area contributed by atoms with Crippen LogP contribution in [0.4, 0.5) is 0 Å². The van der Waals surface area contributed by atoms with Gasteiger partial charge in [-0.05, 0) is 61.4 Å². The number of amides is 1. The lowest BCUT2D eigenvalue weighted by atomic mass is 10.0. The highest BCUT2D eigenvalue weighted by Gasteiger charge is 2.26. The quantitative estimate of drug-likeness (QED) is 0.938. The smallest absolute Gasteiger partial charge is 0.227 e. The second kappa shape index (κ2) is 6.54. The van der Waals surface area contributed by atoms with E-state index in [1.165, 1.54) is 17.5 Å². The number of likely N-dealkylation sites (tertiary alicyclic amines) is 1. The summed E-state index contributed by atoms with van der Waals surface area (Å²) < 4.78 is 5.69. The maximum absolute atomic E-state index is 12.5. The summed E-state index contributed by atoms with van der Waals surface area (Å²) in [6.45, 7) is 2.32. The lowest BCUT2D eigenvalue weighted by Gasteiger charge is -2.15. The standard InChI is InChI=1S/C18H22N2O2.ClH/c19-9-12-4-5-20(10-12)18(21)8-15-11-22-17-7-14-3-1-2-13(14)6-16(15)17;/h6-7,11-12H,1-5,8-10,19H2;1H. The van der Waals surface area contributed by atoms with Crippen LogP contribution in [0.2, 0.25) is 0 Å². The van der Waals surface area contributed by atoms with Gasteiger partial charge in [-0.25, -0.2) is 0 Å². The largest absolute Gasteiger partial charge is 0.464 e. The highest BCUT2D eigenvalue weighted by molar-refractivity contribution is 5.88. The van der Waals surface area contributed by atoms with Crippen LogP contribution in [0.5, 0.6) is 0 Å². The summed E-state index contributed by atoms with van der Waals surface area (Å²) in [5.74, 6) is 0.660. The number of aryl methyl sites for hydroxylation is 2. The summed E-state index contributed by atoms with van der Waals surface area (Å²) in [5, 5.41) is 1.11. The summed E-state index contributed by atoms with van der Waals surface area (Å²) in [5.41, 5.74) is 10.5. The molecule has 2 N–H and O–H groups in total. The summed E-state index contributed by atoms with van der Waals surface area (Å²) >= 11 is 0. The fraction of sp³-hybridized carbons (Fsp3) is 0.500. The molecule has 1 saturated heterocycles. The zero-order valence-electron chi connectivity index (χ0n) is 13.2. The molecule has 1 aliphatic carbocycles. The van der Waals surface area contributed by atoms with Crippen LogP contribution in [0, 0.1) is 5.92 Å². The minimum atomic E-state index is 0. The third-order valence-electron chi connectivity index (χ3n) is 5.18. The highest BCUT2D eigenvalue weighted by atomic mass is 35.5. The van der Waals surface area contributed by atoms with E-state index in [1.807, 2.05) is 4.90 Å². The first-order valence-corrected chi connectivity index (χ1v) is 8.24. The molecule has 124 valence electrons. The number of rotatable bonds is 3. The molecule has 1 aromatic carbocycles. The number of furan rings is 1. The molecule has 4 nitrogen and oxygen atoms in total. The summed E-state index contributed by atoms with van der Waals surface area (Å²) in [4.78, 5) is 14.4. The summed E-state index contributed by atoms with van der Waals surface area (Å²) in [7, 11) is 0. The van der Waals surface area contributed by atoms with Gasteiger partial charge in [0.25, 0.3) is 0 Å². The Balaban J connectivity index is 0.00000156. The Morgan fingerprint density at radius 2 is 2.09 bits per heavy atom. The van der Waals surface area contributed by atoms with Gasteiger partial charge in [0.05, 0.1) is 12.7 Å². The van der Waals surface area contributed by atoms with Gasteiger partial charge < -0.3 is 15.1 Å². The molecule has 23 heavy (non-hydrogen) atoms. The lowest BCUT2D eigenvalue weighted by Crippen LogP contribution is -2.31. The molecule has 5 heteroatoms. The first-order chi connectivity index (χ1) is 10.7. The van der Waals surface area contributed by atoms with Crippen molar-refractivity contribution in [1.29, 1.82) is 0 Å². The van der Waals surface area contributed by atoms with E-state index in [0.29, 0.717) is 18.9 Å². The van der Waals surface area contributed by atoms with Crippen LogP contribution in [0.3, 0.4) is 0 Å². The van der Waals surface area contributed by atoms with E-state index in [-0.39, 0.29) is 18.3 Å². The molecule has 1 atom stereocenters. The topological polar surface area (TPSA) is 59.5 Å². The van der Waals surface area contributed by atoms with E-state index in [2.05, 4.69) is 12.1 Å². The Morgan fingerprint density at radius 1 is 1.30 bits per heavy atom. The summed E-state index contributed by atoms with van der Waals surface area (Å²) in [6.07, 6.45) is 6.74. The van der Waals surface area contributed by atoms with Crippen LogP contribution in [-0.4, -0.2) is 30.4 Å². The van der Waals surface area contributed by atoms with Crippen LogP contribution in [0.15, 0.2) is 22.8 Å². The average molecular weight is 335 g/mol. The van der Waals surface area contributed by atoms with Crippen molar-refractivity contribution < 1.29 is 9.21 Å². The predicted octanol–water partition coefficient (Wildman–Crippen LogP) is 2.69. The van der Waals surface area contributed by atoms with Crippen molar-refractivity contribution in [2.75, 3.05) is 19.6 Å². The van der Waals surface area contributed by atoms with Gasteiger partial charge in [0.15, 0.2) is 0 Å². The van der Waals surface area contributed by atoms with Gasteiger partial charge in [0.1, 0.15) is 5.58 Å². The fourth-order valence-electron chi connectivity index (χ4n) is 3.81. The van der Waals surface area contributed by atoms with Crippen molar-refractivity contribution >= 4 is 29.3 Å². The molecular formula is C18H23ClN2O2. The number of carbonyl (C=O) groups excluding carboxylic acids is 1. The molecule has 1 amide bonds. The van der Waals surface area contributed by atoms with E-state index in [0.717, 1.165) is 48.9 Å². The number of carbonyl (C=O) groups is 1. The third-order valence-corrected chi connectivity index (χ3v) is 5.18. The van der Waals surface area contributed by atoms with Crippen molar-refractivity contribution in [3.63, 3.8) is 0 Å². The highest BCUT2D eigenvalue weighted by Crippen LogP contribution is 2.31. The second-order valence-corrected chi connectivity index (χ2v) is 6.64. The minimum Gasteiger partial charge on any atom is -0.464 e. The Kier molecular flexibility index (Phi) is 4.64. The fourth-order valence-corrected chi connectivity index (χ4v) is 3.81. The zero-order chi connectivity index (χ0) is 15.1. The first-order valence-electron chi connectivity index (χ1n) is 8.24. The normalized spacial score (nSPS) is 19.9. The molecular weight excluding hydrogens is 312 g/mol. The number of nitrogens with zero attached hydrogens (tertiary/aromatic N) is 1. The monoisotopic (exact) mass is 334 g/mol. The molecule has 0 radical (unpaired) electrons. The summed E-state index contributed by atoms with van der Waals surface area (Å²) in [6, 6.07) is 4.39. The van der Waals surface area contributed by atoms with Gasteiger partial charge in [-0.2, -0.15) is 0 Å². The van der Waals surface area contributed by atoms with Crippen LogP contribution in [0.1, 0.15) is 29.5 Å². The SMILES string of the molecule is Cl.NCC1CCN(C(=O)Cc2coc3cc4c(cc23)CCC4)C1. The Morgan fingerprint density at radius 3 is 2.83 bits per heavy atom. The Bertz CT molecular complexity index is 725. The van der Waals surface area contributed by atoms with E-state index >= 15 is 0 Å². The van der Waals surface area contributed by atoms with Crippen LogP contribution >= 0.6 is 12.4 Å². The predicted molar refractivity (Wildman–Crippen MR) is 92.9 cm³/mol. The molecule has 2 heterocycles. The maximum atomic E-state index is 12.5. The lowest BCUT2D eigenvalue weighted by molar-refractivity contribution is -0.129. The number of halogens is 1. The van der Waals surface area contributed by atoms with Crippen molar-refractivity contribution in [2.45, 2.75) is 32.1 Å². The molecule has 2 aromatic rings. The Labute approximate surface area is 142 Å². The third kappa shape index (κ3) is 2.98. The molecule has 1 fully saturated rings. The minimum absolute atomic E-state index is 0. The van der Waals surface area contributed by atoms with E-state index in [9.17, 15) is 4.79 Å². The van der Waals surface area contributed by atoms with E-state index in [4.69, 9.17) is 10.2 Å². The van der Waals surface area contributed by atoms with Crippen LogP contribution in [-0.2, 0) is 24.1 Å². The molecule has 2 aliphatic rings. The molecule has 0 spiro atoms. The number of benzene rings is 1.